The molecule has 0 bridgehead atoms. The summed E-state index contributed by atoms with van der Waals surface area (Å²) < 4.78 is 9.50. The van der Waals surface area contributed by atoms with Crippen molar-refractivity contribution < 1.29 is 19.1 Å². The van der Waals surface area contributed by atoms with Crippen LogP contribution in [0.25, 0.3) is 0 Å². The molecule has 0 saturated carbocycles. The van der Waals surface area contributed by atoms with E-state index in [2.05, 4.69) is 10.1 Å². The van der Waals surface area contributed by atoms with E-state index in [4.69, 9.17) is 16.2 Å². The first-order chi connectivity index (χ1) is 9.04. The van der Waals surface area contributed by atoms with E-state index in [1.54, 1.807) is 19.1 Å². The zero-order chi connectivity index (χ0) is 14.3. The van der Waals surface area contributed by atoms with Gasteiger partial charge in [-0.25, -0.2) is 9.59 Å². The number of nitrogens with one attached hydrogen (secondary N) is 1. The number of nitrogen functional groups attached to an aromatic ring is 1. The lowest BCUT2D eigenvalue weighted by Gasteiger charge is -2.12. The van der Waals surface area contributed by atoms with Gasteiger partial charge in [-0.3, -0.25) is 0 Å². The predicted octanol–water partition coefficient (Wildman–Crippen LogP) is 0.953. The van der Waals surface area contributed by atoms with Crippen LogP contribution in [-0.4, -0.2) is 31.8 Å². The molecule has 0 aliphatic carbocycles. The van der Waals surface area contributed by atoms with Crippen molar-refractivity contribution in [2.24, 2.45) is 5.73 Å². The quantitative estimate of drug-likeness (QED) is 0.401. The number of benzene rings is 1. The van der Waals surface area contributed by atoms with E-state index in [1.807, 2.05) is 0 Å². The van der Waals surface area contributed by atoms with Gasteiger partial charge in [0.15, 0.2) is 0 Å². The van der Waals surface area contributed by atoms with E-state index in [0.29, 0.717) is 23.5 Å². The van der Waals surface area contributed by atoms with E-state index in [9.17, 15) is 9.59 Å². The molecule has 7 nitrogen and oxygen atoms in total. The molecule has 0 heterocycles. The third kappa shape index (κ3) is 4.74. The minimum absolute atomic E-state index is 0.0992. The topological polar surface area (TPSA) is 117 Å². The van der Waals surface area contributed by atoms with Gasteiger partial charge in [-0.05, 0) is 25.1 Å². The zero-order valence-electron chi connectivity index (χ0n) is 10.6. The van der Waals surface area contributed by atoms with Gasteiger partial charge in [0.2, 0.25) is 0 Å². The van der Waals surface area contributed by atoms with Crippen molar-refractivity contribution in [1.29, 1.82) is 0 Å². The maximum atomic E-state index is 11.7. The maximum Gasteiger partial charge on any atom is 0.404 e. The second-order valence-corrected chi connectivity index (χ2v) is 3.62. The Bertz CT molecular complexity index is 462. The number of hydrogen-bond acceptors (Lipinski definition) is 6. The van der Waals surface area contributed by atoms with Gasteiger partial charge in [-0.2, -0.15) is 0 Å². The van der Waals surface area contributed by atoms with Crippen molar-refractivity contribution >= 4 is 23.4 Å². The highest BCUT2D eigenvalue weighted by atomic mass is 16.5. The first kappa shape index (κ1) is 14.6. The lowest BCUT2D eigenvalue weighted by atomic mass is 10.1. The van der Waals surface area contributed by atoms with Crippen molar-refractivity contribution in [2.45, 2.75) is 6.92 Å². The Morgan fingerprint density at radius 3 is 2.68 bits per heavy atom. The van der Waals surface area contributed by atoms with Crippen LogP contribution in [0.2, 0.25) is 0 Å². The number of carbonyl (C=O) groups is 2. The summed E-state index contributed by atoms with van der Waals surface area (Å²) in [6.07, 6.45) is -0.843. The Morgan fingerprint density at radius 2 is 2.05 bits per heavy atom. The number of carbonyl (C=O) groups excluding carboxylic acids is 2. The summed E-state index contributed by atoms with van der Waals surface area (Å²) in [6.45, 7) is 2.41. The molecule has 104 valence electrons. The highest BCUT2D eigenvalue weighted by molar-refractivity contribution is 5.96. The number of ether oxygens (including phenoxy) is 2. The SMILES string of the molecule is CCOC(=O)c1cc(N)ccc1NCCOC(N)=O. The average molecular weight is 267 g/mol. The molecule has 1 amide bonds. The fourth-order valence-electron chi connectivity index (χ4n) is 1.43. The highest BCUT2D eigenvalue weighted by Crippen LogP contribution is 2.19. The molecule has 0 fully saturated rings. The van der Waals surface area contributed by atoms with Gasteiger partial charge < -0.3 is 26.3 Å². The van der Waals surface area contributed by atoms with Crippen molar-refractivity contribution in [3.8, 4) is 0 Å². The number of anilines is 2. The number of rotatable bonds is 6. The third-order valence-electron chi connectivity index (χ3n) is 2.20. The van der Waals surface area contributed by atoms with Crippen LogP contribution < -0.4 is 16.8 Å². The summed E-state index contributed by atoms with van der Waals surface area (Å²) in [5, 5.41) is 2.95. The standard InChI is InChI=1S/C12H17N3O4/c1-2-18-11(16)9-7-8(13)3-4-10(9)15-5-6-19-12(14)17/h3-4,7,15H,2,5-6,13H2,1H3,(H2,14,17). The Labute approximate surface area is 110 Å². The molecule has 0 spiro atoms. The lowest BCUT2D eigenvalue weighted by molar-refractivity contribution is 0.0527. The Hall–Kier alpha value is -2.44. The van der Waals surface area contributed by atoms with Crippen molar-refractivity contribution in [3.63, 3.8) is 0 Å². The molecular weight excluding hydrogens is 250 g/mol. The third-order valence-corrected chi connectivity index (χ3v) is 2.20. The van der Waals surface area contributed by atoms with Gasteiger partial charge in [0, 0.05) is 17.9 Å². The van der Waals surface area contributed by atoms with E-state index in [1.165, 1.54) is 6.07 Å². The van der Waals surface area contributed by atoms with Crippen molar-refractivity contribution in [2.75, 3.05) is 30.8 Å². The second kappa shape index (κ2) is 7.10. The zero-order valence-corrected chi connectivity index (χ0v) is 10.6. The fraction of sp³-hybridized carbons (Fsp3) is 0.333. The molecule has 1 aromatic carbocycles. The maximum absolute atomic E-state index is 11.7. The summed E-state index contributed by atoms with van der Waals surface area (Å²) in [7, 11) is 0. The Morgan fingerprint density at radius 1 is 1.32 bits per heavy atom. The van der Waals surface area contributed by atoms with E-state index >= 15 is 0 Å². The highest BCUT2D eigenvalue weighted by Gasteiger charge is 2.12. The van der Waals surface area contributed by atoms with E-state index < -0.39 is 12.1 Å². The Kier molecular flexibility index (Phi) is 5.46. The average Bonchev–Trinajstić information content (AvgIpc) is 2.36. The Balaban J connectivity index is 2.70. The number of esters is 1. The molecular formula is C12H17N3O4. The molecule has 0 aliphatic heterocycles. The fourth-order valence-corrected chi connectivity index (χ4v) is 1.43. The number of hydrogen-bond donors (Lipinski definition) is 3. The molecule has 1 aromatic rings. The molecule has 0 aliphatic rings. The van der Waals surface area contributed by atoms with Crippen LogP contribution in [0.15, 0.2) is 18.2 Å². The monoisotopic (exact) mass is 267 g/mol. The van der Waals surface area contributed by atoms with Crippen LogP contribution in [0.5, 0.6) is 0 Å². The molecule has 0 radical (unpaired) electrons. The van der Waals surface area contributed by atoms with Crippen LogP contribution >= 0.6 is 0 Å². The first-order valence-electron chi connectivity index (χ1n) is 5.77. The minimum atomic E-state index is -0.843. The smallest absolute Gasteiger partial charge is 0.404 e. The molecule has 0 atom stereocenters. The number of nitrogens with two attached hydrogens (primary N) is 2. The predicted molar refractivity (Wildman–Crippen MR) is 70.8 cm³/mol. The summed E-state index contributed by atoms with van der Waals surface area (Å²) in [6, 6.07) is 4.83. The molecule has 5 N–H and O–H groups in total. The molecule has 1 rings (SSSR count). The van der Waals surface area contributed by atoms with Crippen LogP contribution in [0.1, 0.15) is 17.3 Å². The van der Waals surface area contributed by atoms with Crippen LogP contribution in [0.4, 0.5) is 16.2 Å². The van der Waals surface area contributed by atoms with E-state index in [-0.39, 0.29) is 13.2 Å². The number of amides is 1. The van der Waals surface area contributed by atoms with Gasteiger partial charge in [0.1, 0.15) is 6.61 Å². The van der Waals surface area contributed by atoms with Crippen LogP contribution in [0, 0.1) is 0 Å². The second-order valence-electron chi connectivity index (χ2n) is 3.62. The van der Waals surface area contributed by atoms with Gasteiger partial charge in [-0.15, -0.1) is 0 Å². The van der Waals surface area contributed by atoms with Crippen molar-refractivity contribution in [1.82, 2.24) is 0 Å². The lowest BCUT2D eigenvalue weighted by Crippen LogP contribution is -2.19. The van der Waals surface area contributed by atoms with Crippen molar-refractivity contribution in [3.05, 3.63) is 23.8 Å². The van der Waals surface area contributed by atoms with Crippen LogP contribution in [-0.2, 0) is 9.47 Å². The van der Waals surface area contributed by atoms with Crippen LogP contribution in [0.3, 0.4) is 0 Å². The summed E-state index contributed by atoms with van der Waals surface area (Å²) in [5.41, 5.74) is 11.8. The molecule has 7 heteroatoms. The van der Waals surface area contributed by atoms with E-state index in [0.717, 1.165) is 0 Å². The minimum Gasteiger partial charge on any atom is -0.462 e. The molecule has 0 aromatic heterocycles. The number of primary amides is 1. The normalized spacial score (nSPS) is 9.74. The largest absolute Gasteiger partial charge is 0.462 e. The van der Waals surface area contributed by atoms with Gasteiger partial charge >= 0.3 is 12.1 Å². The van der Waals surface area contributed by atoms with Gasteiger partial charge in [-0.1, -0.05) is 0 Å². The van der Waals surface area contributed by atoms with Gasteiger partial charge in [0.05, 0.1) is 12.2 Å². The summed E-state index contributed by atoms with van der Waals surface area (Å²) in [4.78, 5) is 22.1. The van der Waals surface area contributed by atoms with Gasteiger partial charge in [0.25, 0.3) is 0 Å². The molecule has 19 heavy (non-hydrogen) atoms. The molecule has 0 unspecified atom stereocenters. The summed E-state index contributed by atoms with van der Waals surface area (Å²) in [5.74, 6) is -0.465. The first-order valence-corrected chi connectivity index (χ1v) is 5.77. The summed E-state index contributed by atoms with van der Waals surface area (Å²) >= 11 is 0. The molecule has 0 saturated heterocycles.